The fraction of sp³-hybridized carbons (Fsp3) is 0.692. The molecule has 1 aliphatic heterocycles. The Morgan fingerprint density at radius 2 is 1.85 bits per heavy atom. The number of amides is 2. The van der Waals surface area contributed by atoms with Crippen molar-refractivity contribution in [3.8, 4) is 0 Å². The molecule has 186 valence electrons. The first-order valence-electron chi connectivity index (χ1n) is 12.7. The third-order valence-electron chi connectivity index (χ3n) is 8.48. The van der Waals surface area contributed by atoms with Crippen LogP contribution in [-0.2, 0) is 14.1 Å². The van der Waals surface area contributed by atoms with E-state index in [0.29, 0.717) is 23.3 Å². The number of hydrogen-bond donors (Lipinski definition) is 3. The number of carbonyl (C=O) groups excluding carboxylic acids is 2. The highest BCUT2D eigenvalue weighted by molar-refractivity contribution is 6.47. The minimum Gasteiger partial charge on any atom is -0.404 e. The number of rotatable bonds is 8. The van der Waals surface area contributed by atoms with Crippen LogP contribution in [0.3, 0.4) is 0 Å². The highest BCUT2D eigenvalue weighted by Crippen LogP contribution is 2.65. The number of aryl methyl sites for hydroxylation is 1. The molecule has 1 saturated heterocycles. The molecule has 8 heteroatoms. The smallest absolute Gasteiger partial charge is 0.404 e. The Kier molecular flexibility index (Phi) is 6.88. The van der Waals surface area contributed by atoms with E-state index in [1.165, 1.54) is 6.42 Å². The van der Waals surface area contributed by atoms with Gasteiger partial charge in [-0.05, 0) is 68.4 Å². The summed E-state index contributed by atoms with van der Waals surface area (Å²) in [6.07, 6.45) is 2.97. The van der Waals surface area contributed by atoms with Crippen molar-refractivity contribution < 1.29 is 18.9 Å². The number of hydrogen-bond acceptors (Lipinski definition) is 5. The van der Waals surface area contributed by atoms with Crippen LogP contribution in [-0.4, -0.2) is 49.2 Å². The highest BCUT2D eigenvalue weighted by Gasteiger charge is 2.68. The van der Waals surface area contributed by atoms with Gasteiger partial charge in [-0.25, -0.2) is 0 Å². The third-order valence-corrected chi connectivity index (χ3v) is 8.48. The molecule has 5 rings (SSSR count). The summed E-state index contributed by atoms with van der Waals surface area (Å²) in [5.74, 6) is 0.615. The van der Waals surface area contributed by atoms with Crippen LogP contribution >= 0.6 is 0 Å². The maximum absolute atomic E-state index is 13.0. The summed E-state index contributed by atoms with van der Waals surface area (Å²) in [5, 5.41) is 5.83. The Bertz CT molecular complexity index is 921. The van der Waals surface area contributed by atoms with Gasteiger partial charge in [-0.2, -0.15) is 0 Å². The molecule has 34 heavy (non-hydrogen) atoms. The minimum atomic E-state index is -0.866. The average molecular weight is 469 g/mol. The van der Waals surface area contributed by atoms with E-state index in [1.807, 2.05) is 19.1 Å². The first kappa shape index (κ1) is 25.2. The monoisotopic (exact) mass is 469 g/mol. The first-order chi connectivity index (χ1) is 15.9. The summed E-state index contributed by atoms with van der Waals surface area (Å²) in [6, 6.07) is 6.41. The molecule has 7 nitrogen and oxygen atoms in total. The second kappa shape index (κ2) is 9.28. The Morgan fingerprint density at radius 1 is 1.18 bits per heavy atom. The second-order valence-electron chi connectivity index (χ2n) is 11.8. The van der Waals surface area contributed by atoms with E-state index in [4.69, 9.17) is 15.0 Å². The van der Waals surface area contributed by atoms with Crippen molar-refractivity contribution in [3.63, 3.8) is 0 Å². The van der Waals surface area contributed by atoms with Crippen molar-refractivity contribution in [2.24, 2.45) is 28.9 Å². The van der Waals surface area contributed by atoms with Crippen molar-refractivity contribution in [1.29, 1.82) is 0 Å². The van der Waals surface area contributed by atoms with Crippen LogP contribution in [0.15, 0.2) is 24.3 Å². The molecule has 6 atom stereocenters. The SMILES string of the molecule is Cc1ccc(C(=O)NC[C@H](N)C(=O)N[C@@H](CC(C)C)B2O[C@@H]3C[C@@H]4C[C@@H](C4(C)C)[C@]3(C)O2)cc1. The quantitative estimate of drug-likeness (QED) is 0.508. The van der Waals surface area contributed by atoms with Crippen LogP contribution in [0.5, 0.6) is 0 Å². The molecule has 0 radical (unpaired) electrons. The van der Waals surface area contributed by atoms with E-state index < -0.39 is 13.2 Å². The Hall–Kier alpha value is -1.90. The summed E-state index contributed by atoms with van der Waals surface area (Å²) in [7, 11) is -0.495. The fourth-order valence-corrected chi connectivity index (χ4v) is 6.21. The molecule has 3 saturated carbocycles. The van der Waals surface area contributed by atoms with Crippen LogP contribution in [0, 0.1) is 30.1 Å². The molecule has 1 aromatic carbocycles. The van der Waals surface area contributed by atoms with Gasteiger partial charge in [-0.1, -0.05) is 45.4 Å². The first-order valence-corrected chi connectivity index (χ1v) is 12.7. The lowest BCUT2D eigenvalue weighted by Crippen LogP contribution is -2.65. The molecule has 3 aliphatic carbocycles. The maximum Gasteiger partial charge on any atom is 0.481 e. The lowest BCUT2D eigenvalue weighted by atomic mass is 9.43. The van der Waals surface area contributed by atoms with Crippen LogP contribution in [0.25, 0.3) is 0 Å². The van der Waals surface area contributed by atoms with E-state index in [1.54, 1.807) is 12.1 Å². The highest BCUT2D eigenvalue weighted by atomic mass is 16.7. The lowest BCUT2D eigenvalue weighted by molar-refractivity contribution is -0.199. The van der Waals surface area contributed by atoms with Gasteiger partial charge in [0.25, 0.3) is 5.91 Å². The van der Waals surface area contributed by atoms with Crippen LogP contribution in [0.4, 0.5) is 0 Å². The van der Waals surface area contributed by atoms with Gasteiger partial charge in [0.2, 0.25) is 5.91 Å². The topological polar surface area (TPSA) is 103 Å². The molecule has 0 unspecified atom stereocenters. The van der Waals surface area contributed by atoms with Gasteiger partial charge in [-0.15, -0.1) is 0 Å². The Labute approximate surface area is 204 Å². The standard InChI is InChI=1S/C26H40BN3O4/c1-15(2)11-22(27-33-21-13-18-12-20(25(18,4)5)26(21,6)34-27)30-24(32)19(28)14-29-23(31)17-9-7-16(3)8-10-17/h7-10,15,18-22H,11-14,28H2,1-6H3,(H,29,31)(H,30,32)/t18-,19-,20-,21+,22-,26-/m0/s1. The molecular formula is C26H40BN3O4. The van der Waals surface area contributed by atoms with Crippen molar-refractivity contribution >= 4 is 18.9 Å². The van der Waals surface area contributed by atoms with E-state index >= 15 is 0 Å². The summed E-state index contributed by atoms with van der Waals surface area (Å²) in [6.45, 7) is 13.1. The minimum absolute atomic E-state index is 0.0532. The molecule has 2 amide bonds. The van der Waals surface area contributed by atoms with Gasteiger partial charge in [-0.3, -0.25) is 9.59 Å². The third kappa shape index (κ3) is 4.64. The number of nitrogens with two attached hydrogens (primary N) is 1. The number of benzene rings is 1. The zero-order valence-electron chi connectivity index (χ0n) is 21.4. The molecule has 0 aromatic heterocycles. The van der Waals surface area contributed by atoms with Gasteiger partial charge in [0.15, 0.2) is 0 Å². The van der Waals surface area contributed by atoms with Crippen molar-refractivity contribution in [2.45, 2.75) is 84.5 Å². The largest absolute Gasteiger partial charge is 0.481 e. The van der Waals surface area contributed by atoms with Crippen molar-refractivity contribution in [3.05, 3.63) is 35.4 Å². The maximum atomic E-state index is 13.0. The summed E-state index contributed by atoms with van der Waals surface area (Å²) < 4.78 is 13.0. The van der Waals surface area contributed by atoms with Crippen LogP contribution in [0.2, 0.25) is 0 Å². The summed E-state index contributed by atoms with van der Waals surface area (Å²) in [5.41, 5.74) is 7.70. The molecule has 4 fully saturated rings. The summed E-state index contributed by atoms with van der Waals surface area (Å²) >= 11 is 0. The fourth-order valence-electron chi connectivity index (χ4n) is 6.21. The normalized spacial score (nSPS) is 30.8. The van der Waals surface area contributed by atoms with E-state index in [-0.39, 0.29) is 41.4 Å². The number of nitrogens with one attached hydrogen (secondary N) is 2. The average Bonchev–Trinajstić information content (AvgIpc) is 3.13. The Balaban J connectivity index is 1.36. The molecule has 0 spiro atoms. The molecule has 2 bridgehead atoms. The lowest BCUT2D eigenvalue weighted by Gasteiger charge is -2.64. The molecular weight excluding hydrogens is 429 g/mol. The zero-order valence-corrected chi connectivity index (χ0v) is 21.4. The second-order valence-corrected chi connectivity index (χ2v) is 11.8. The van der Waals surface area contributed by atoms with Gasteiger partial charge >= 0.3 is 7.12 Å². The molecule has 4 aliphatic rings. The van der Waals surface area contributed by atoms with Crippen molar-refractivity contribution in [2.75, 3.05) is 6.54 Å². The van der Waals surface area contributed by atoms with E-state index in [2.05, 4.69) is 45.3 Å². The van der Waals surface area contributed by atoms with Gasteiger partial charge in [0.1, 0.15) is 6.04 Å². The number of carbonyl (C=O) groups is 2. The molecule has 1 aromatic rings. The van der Waals surface area contributed by atoms with Crippen molar-refractivity contribution in [1.82, 2.24) is 10.6 Å². The molecule has 1 heterocycles. The van der Waals surface area contributed by atoms with Crippen LogP contribution in [0.1, 0.15) is 69.8 Å². The van der Waals surface area contributed by atoms with Gasteiger partial charge < -0.3 is 25.7 Å². The molecule has 4 N–H and O–H groups in total. The van der Waals surface area contributed by atoms with E-state index in [0.717, 1.165) is 18.4 Å². The predicted molar refractivity (Wildman–Crippen MR) is 133 cm³/mol. The van der Waals surface area contributed by atoms with E-state index in [9.17, 15) is 9.59 Å². The van der Waals surface area contributed by atoms with Crippen LogP contribution < -0.4 is 16.4 Å². The Morgan fingerprint density at radius 3 is 2.47 bits per heavy atom. The zero-order chi connectivity index (χ0) is 24.8. The summed E-state index contributed by atoms with van der Waals surface area (Å²) in [4.78, 5) is 25.3. The van der Waals surface area contributed by atoms with Gasteiger partial charge in [0, 0.05) is 12.1 Å². The van der Waals surface area contributed by atoms with Gasteiger partial charge in [0.05, 0.1) is 17.6 Å². The predicted octanol–water partition coefficient (Wildman–Crippen LogP) is 2.85.